The molecule has 2 aliphatic rings. The van der Waals surface area contributed by atoms with Gasteiger partial charge in [-0.25, -0.2) is 0 Å². The van der Waals surface area contributed by atoms with Gasteiger partial charge < -0.3 is 10.1 Å². The van der Waals surface area contributed by atoms with Gasteiger partial charge in [-0.15, -0.1) is 0 Å². The third-order valence-corrected chi connectivity index (χ3v) is 5.32. The van der Waals surface area contributed by atoms with Crippen molar-refractivity contribution in [2.75, 3.05) is 11.9 Å². The molecule has 0 unspecified atom stereocenters. The predicted octanol–water partition coefficient (Wildman–Crippen LogP) is 3.56. The van der Waals surface area contributed by atoms with Gasteiger partial charge in [0.05, 0.1) is 0 Å². The van der Waals surface area contributed by atoms with Crippen LogP contribution in [0.2, 0.25) is 0 Å². The first-order valence-corrected chi connectivity index (χ1v) is 8.68. The molecule has 1 aromatic carbocycles. The minimum absolute atomic E-state index is 0.199. The van der Waals surface area contributed by atoms with Crippen molar-refractivity contribution < 1.29 is 14.3 Å². The molecule has 1 aromatic rings. The molecule has 23 heavy (non-hydrogen) atoms. The van der Waals surface area contributed by atoms with E-state index in [-0.39, 0.29) is 18.5 Å². The number of benzene rings is 1. The van der Waals surface area contributed by atoms with Crippen molar-refractivity contribution in [3.05, 3.63) is 29.8 Å². The summed E-state index contributed by atoms with van der Waals surface area (Å²) in [5, 5.41) is 2.75. The average molecular weight is 315 g/mol. The second kappa shape index (κ2) is 7.16. The summed E-state index contributed by atoms with van der Waals surface area (Å²) in [6.45, 7) is 1.89. The molecule has 0 aromatic heterocycles. The van der Waals surface area contributed by atoms with E-state index in [0.29, 0.717) is 18.3 Å². The molecule has 0 spiro atoms. The Hall–Kier alpha value is -1.84. The van der Waals surface area contributed by atoms with Crippen LogP contribution in [0.15, 0.2) is 24.3 Å². The van der Waals surface area contributed by atoms with Gasteiger partial charge in [0.25, 0.3) is 5.91 Å². The number of esters is 1. The summed E-state index contributed by atoms with van der Waals surface area (Å²) in [5.41, 5.74) is 1.96. The Balaban J connectivity index is 1.39. The Morgan fingerprint density at radius 1 is 1.17 bits per heavy atom. The van der Waals surface area contributed by atoms with Gasteiger partial charge in [-0.3, -0.25) is 9.59 Å². The molecule has 0 saturated heterocycles. The molecular formula is C19H25NO3. The molecule has 2 saturated carbocycles. The van der Waals surface area contributed by atoms with E-state index in [2.05, 4.69) is 12.2 Å². The highest BCUT2D eigenvalue weighted by Gasteiger charge is 2.40. The van der Waals surface area contributed by atoms with Crippen LogP contribution in [0.4, 0.5) is 5.69 Å². The summed E-state index contributed by atoms with van der Waals surface area (Å²) in [6.07, 6.45) is 6.47. The highest BCUT2D eigenvalue weighted by atomic mass is 16.5. The number of carbonyl (C=O) groups excluding carboxylic acids is 2. The molecule has 0 heterocycles. The fourth-order valence-electron chi connectivity index (χ4n) is 4.07. The van der Waals surface area contributed by atoms with Crippen LogP contribution in [0.25, 0.3) is 0 Å². The Morgan fingerprint density at radius 3 is 2.57 bits per heavy atom. The van der Waals surface area contributed by atoms with Crippen molar-refractivity contribution in [2.45, 2.75) is 45.4 Å². The minimum atomic E-state index is -0.282. The molecule has 0 aliphatic heterocycles. The van der Waals surface area contributed by atoms with Crippen molar-refractivity contribution in [1.82, 2.24) is 0 Å². The van der Waals surface area contributed by atoms with E-state index in [4.69, 9.17) is 4.74 Å². The van der Waals surface area contributed by atoms with E-state index in [1.54, 1.807) is 0 Å². The van der Waals surface area contributed by atoms with Crippen molar-refractivity contribution in [1.29, 1.82) is 0 Å². The van der Waals surface area contributed by atoms with Gasteiger partial charge in [-0.2, -0.15) is 0 Å². The summed E-state index contributed by atoms with van der Waals surface area (Å²) >= 11 is 0. The molecule has 1 N–H and O–H groups in total. The van der Waals surface area contributed by atoms with Crippen molar-refractivity contribution in [3.63, 3.8) is 0 Å². The van der Waals surface area contributed by atoms with Crippen molar-refractivity contribution in [3.8, 4) is 0 Å². The van der Waals surface area contributed by atoms with Crippen LogP contribution in [-0.4, -0.2) is 18.5 Å². The molecule has 0 radical (unpaired) electrons. The first-order valence-electron chi connectivity index (χ1n) is 8.68. The zero-order valence-electron chi connectivity index (χ0n) is 13.7. The first-order chi connectivity index (χ1) is 11.1. The summed E-state index contributed by atoms with van der Waals surface area (Å²) in [4.78, 5) is 23.8. The van der Waals surface area contributed by atoms with E-state index < -0.39 is 0 Å². The quantitative estimate of drug-likeness (QED) is 0.817. The number of carbonyl (C=O) groups is 2. The standard InChI is InChI=1S/C19H25NO3/c1-2-13-4-7-17(8-5-13)20-18(21)12-23-19(22)11-16-10-14-3-6-15(16)9-14/h4-5,7-8,14-16H,2-3,6,9-12H2,1H3,(H,20,21)/t14-,15-,16-/m1/s1. The highest BCUT2D eigenvalue weighted by molar-refractivity contribution is 5.92. The molecule has 124 valence electrons. The Labute approximate surface area is 137 Å². The van der Waals surface area contributed by atoms with Gasteiger partial charge in [-0.1, -0.05) is 25.5 Å². The zero-order chi connectivity index (χ0) is 16.2. The third-order valence-electron chi connectivity index (χ3n) is 5.32. The van der Waals surface area contributed by atoms with Crippen LogP contribution in [0, 0.1) is 17.8 Å². The normalized spacial score (nSPS) is 25.3. The van der Waals surface area contributed by atoms with E-state index in [1.807, 2.05) is 24.3 Å². The smallest absolute Gasteiger partial charge is 0.306 e. The van der Waals surface area contributed by atoms with Gasteiger partial charge in [0.2, 0.25) is 0 Å². The Bertz CT molecular complexity index is 566. The maximum Gasteiger partial charge on any atom is 0.306 e. The lowest BCUT2D eigenvalue weighted by atomic mass is 9.86. The van der Waals surface area contributed by atoms with Gasteiger partial charge >= 0.3 is 5.97 Å². The third kappa shape index (κ3) is 4.12. The minimum Gasteiger partial charge on any atom is -0.456 e. The number of rotatable bonds is 6. The van der Waals surface area contributed by atoms with Gasteiger partial charge in [0.15, 0.2) is 6.61 Å². The van der Waals surface area contributed by atoms with Crippen molar-refractivity contribution >= 4 is 17.6 Å². The summed E-state index contributed by atoms with van der Waals surface area (Å²) in [6, 6.07) is 7.70. The lowest BCUT2D eigenvalue weighted by molar-refractivity contribution is -0.148. The number of anilines is 1. The van der Waals surface area contributed by atoms with Crippen LogP contribution in [0.5, 0.6) is 0 Å². The topological polar surface area (TPSA) is 55.4 Å². The molecule has 2 fully saturated rings. The largest absolute Gasteiger partial charge is 0.456 e. The number of hydrogen-bond donors (Lipinski definition) is 1. The van der Waals surface area contributed by atoms with Crippen LogP contribution >= 0.6 is 0 Å². The molecule has 2 aliphatic carbocycles. The molecule has 3 atom stereocenters. The molecule has 2 bridgehead atoms. The SMILES string of the molecule is CCc1ccc(NC(=O)COC(=O)C[C@H]2C[C@@H]3CC[C@@H]2C3)cc1. The van der Waals surface area contributed by atoms with Crippen LogP contribution < -0.4 is 5.32 Å². The number of fused-ring (bicyclic) bond motifs is 2. The number of hydrogen-bond acceptors (Lipinski definition) is 3. The fraction of sp³-hybridized carbons (Fsp3) is 0.579. The predicted molar refractivity (Wildman–Crippen MR) is 89.0 cm³/mol. The fourth-order valence-corrected chi connectivity index (χ4v) is 4.07. The van der Waals surface area contributed by atoms with Crippen LogP contribution in [0.3, 0.4) is 0 Å². The highest BCUT2D eigenvalue weighted by Crippen LogP contribution is 2.49. The Kier molecular flexibility index (Phi) is 4.99. The monoisotopic (exact) mass is 315 g/mol. The molecule has 4 nitrogen and oxygen atoms in total. The van der Waals surface area contributed by atoms with Gasteiger partial charge in [0.1, 0.15) is 0 Å². The zero-order valence-corrected chi connectivity index (χ0v) is 13.7. The second-order valence-corrected chi connectivity index (χ2v) is 6.90. The molecule has 3 rings (SSSR count). The lowest BCUT2D eigenvalue weighted by Gasteiger charge is -2.20. The molecular weight excluding hydrogens is 290 g/mol. The second-order valence-electron chi connectivity index (χ2n) is 6.90. The van der Waals surface area contributed by atoms with Gasteiger partial charge in [-0.05, 0) is 61.1 Å². The number of aryl methyl sites for hydroxylation is 1. The van der Waals surface area contributed by atoms with Crippen LogP contribution in [-0.2, 0) is 20.7 Å². The Morgan fingerprint density at radius 2 is 1.96 bits per heavy atom. The first kappa shape index (κ1) is 16.0. The lowest BCUT2D eigenvalue weighted by Crippen LogP contribution is -2.23. The van der Waals surface area contributed by atoms with Crippen molar-refractivity contribution in [2.24, 2.45) is 17.8 Å². The maximum atomic E-state index is 11.9. The number of amides is 1. The van der Waals surface area contributed by atoms with E-state index in [0.717, 1.165) is 24.4 Å². The maximum absolute atomic E-state index is 11.9. The molecule has 1 amide bonds. The summed E-state index contributed by atoms with van der Waals surface area (Å²) < 4.78 is 5.14. The van der Waals surface area contributed by atoms with E-state index >= 15 is 0 Å². The number of nitrogens with one attached hydrogen (secondary N) is 1. The summed E-state index contributed by atoms with van der Waals surface area (Å²) in [5.74, 6) is 1.49. The van der Waals surface area contributed by atoms with E-state index in [9.17, 15) is 9.59 Å². The van der Waals surface area contributed by atoms with E-state index in [1.165, 1.54) is 24.8 Å². The molecule has 4 heteroatoms. The average Bonchev–Trinajstić information content (AvgIpc) is 3.16. The van der Waals surface area contributed by atoms with Crippen LogP contribution in [0.1, 0.15) is 44.6 Å². The summed E-state index contributed by atoms with van der Waals surface area (Å²) in [7, 11) is 0. The number of ether oxygens (including phenoxy) is 1. The van der Waals surface area contributed by atoms with Gasteiger partial charge in [0, 0.05) is 12.1 Å².